The zero-order valence-electron chi connectivity index (χ0n) is 11.9. The first-order valence-electron chi connectivity index (χ1n) is 6.76. The normalized spacial score (nSPS) is 18.1. The van der Waals surface area contributed by atoms with E-state index in [9.17, 15) is 9.59 Å². The van der Waals surface area contributed by atoms with Crippen molar-refractivity contribution in [3.63, 3.8) is 0 Å². The number of carbonyl (C=O) groups excluding carboxylic acids is 2. The quantitative estimate of drug-likeness (QED) is 0.859. The lowest BCUT2D eigenvalue weighted by Gasteiger charge is -2.17. The maximum absolute atomic E-state index is 12.1. The molecule has 0 aliphatic carbocycles. The molecule has 0 aromatic heterocycles. The van der Waals surface area contributed by atoms with E-state index in [2.05, 4.69) is 5.32 Å². The molecule has 108 valence electrons. The molecule has 0 saturated carbocycles. The summed E-state index contributed by atoms with van der Waals surface area (Å²) in [5.41, 5.74) is 1.35. The number of nitrogens with one attached hydrogen (secondary N) is 1. The molecular weight excluding hydrogens is 256 g/mol. The Morgan fingerprint density at radius 2 is 2.05 bits per heavy atom. The number of ether oxygens (including phenoxy) is 1. The monoisotopic (exact) mass is 276 g/mol. The van der Waals surface area contributed by atoms with Crippen LogP contribution in [-0.4, -0.2) is 43.5 Å². The number of methoxy groups -OCH3 is 1. The smallest absolute Gasteiger partial charge is 0.321 e. The molecule has 1 aromatic carbocycles. The third-order valence-corrected chi connectivity index (χ3v) is 3.52. The number of hydrogen-bond donors (Lipinski definition) is 1. The highest BCUT2D eigenvalue weighted by Gasteiger charge is 2.26. The van der Waals surface area contributed by atoms with Crippen LogP contribution in [0.3, 0.4) is 0 Å². The molecule has 5 heteroatoms. The number of urea groups is 1. The van der Waals surface area contributed by atoms with Gasteiger partial charge in [-0.1, -0.05) is 0 Å². The first-order valence-corrected chi connectivity index (χ1v) is 6.76. The summed E-state index contributed by atoms with van der Waals surface area (Å²) in [6.07, 6.45) is 0.977. The Morgan fingerprint density at radius 1 is 1.35 bits per heavy atom. The summed E-state index contributed by atoms with van der Waals surface area (Å²) in [6.45, 7) is 3.70. The van der Waals surface area contributed by atoms with E-state index in [4.69, 9.17) is 4.74 Å². The zero-order valence-corrected chi connectivity index (χ0v) is 11.9. The van der Waals surface area contributed by atoms with Gasteiger partial charge in [0.2, 0.25) is 0 Å². The molecule has 1 N–H and O–H groups in total. The lowest BCUT2D eigenvalue weighted by molar-refractivity contribution is 0.101. The highest BCUT2D eigenvalue weighted by Crippen LogP contribution is 2.18. The van der Waals surface area contributed by atoms with Crippen molar-refractivity contribution in [2.45, 2.75) is 13.3 Å². The van der Waals surface area contributed by atoms with Crippen LogP contribution in [0.2, 0.25) is 0 Å². The Hall–Kier alpha value is -1.88. The van der Waals surface area contributed by atoms with Gasteiger partial charge in [0, 0.05) is 37.4 Å². The number of likely N-dealkylation sites (tertiary alicyclic amines) is 1. The number of benzene rings is 1. The van der Waals surface area contributed by atoms with Gasteiger partial charge in [-0.25, -0.2) is 4.79 Å². The molecule has 1 aliphatic heterocycles. The molecular formula is C15H20N2O3. The molecule has 2 amide bonds. The Morgan fingerprint density at radius 3 is 2.65 bits per heavy atom. The number of Topliss-reactive ketones (excluding diaryl/α,β-unsaturated/α-hetero) is 1. The van der Waals surface area contributed by atoms with Crippen molar-refractivity contribution in [2.75, 3.05) is 32.1 Å². The van der Waals surface area contributed by atoms with Crippen molar-refractivity contribution < 1.29 is 14.3 Å². The number of amides is 2. The van der Waals surface area contributed by atoms with E-state index in [0.717, 1.165) is 19.5 Å². The number of rotatable bonds is 4. The minimum absolute atomic E-state index is 0.0184. The summed E-state index contributed by atoms with van der Waals surface area (Å²) >= 11 is 0. The molecule has 1 aromatic rings. The second kappa shape index (κ2) is 6.52. The number of anilines is 1. The van der Waals surface area contributed by atoms with Gasteiger partial charge in [0.05, 0.1) is 6.61 Å². The van der Waals surface area contributed by atoms with Crippen molar-refractivity contribution in [1.82, 2.24) is 4.90 Å². The van der Waals surface area contributed by atoms with E-state index in [1.54, 1.807) is 36.3 Å². The summed E-state index contributed by atoms with van der Waals surface area (Å²) in [6, 6.07) is 6.83. The maximum Gasteiger partial charge on any atom is 0.321 e. The Kier molecular flexibility index (Phi) is 4.74. The third kappa shape index (κ3) is 3.57. The summed E-state index contributed by atoms with van der Waals surface area (Å²) in [7, 11) is 1.68. The summed E-state index contributed by atoms with van der Waals surface area (Å²) < 4.78 is 5.12. The largest absolute Gasteiger partial charge is 0.384 e. The van der Waals surface area contributed by atoms with E-state index in [1.165, 1.54) is 6.92 Å². The highest BCUT2D eigenvalue weighted by molar-refractivity contribution is 5.95. The van der Waals surface area contributed by atoms with E-state index >= 15 is 0 Å². The van der Waals surface area contributed by atoms with Crippen LogP contribution in [0.1, 0.15) is 23.7 Å². The molecule has 0 radical (unpaired) electrons. The fourth-order valence-electron chi connectivity index (χ4n) is 2.38. The molecule has 20 heavy (non-hydrogen) atoms. The van der Waals surface area contributed by atoms with E-state index < -0.39 is 0 Å². The van der Waals surface area contributed by atoms with Crippen molar-refractivity contribution in [2.24, 2.45) is 5.92 Å². The van der Waals surface area contributed by atoms with Gasteiger partial charge in [0.25, 0.3) is 0 Å². The number of nitrogens with zero attached hydrogens (tertiary/aromatic N) is 1. The Labute approximate surface area is 118 Å². The van der Waals surface area contributed by atoms with Gasteiger partial charge in [0.1, 0.15) is 0 Å². The maximum atomic E-state index is 12.1. The predicted molar refractivity (Wildman–Crippen MR) is 77.0 cm³/mol. The number of ketones is 1. The molecule has 1 unspecified atom stereocenters. The summed E-state index contributed by atoms with van der Waals surface area (Å²) in [4.78, 5) is 25.1. The molecule has 1 fully saturated rings. The van der Waals surface area contributed by atoms with Crippen molar-refractivity contribution >= 4 is 17.5 Å². The molecule has 0 bridgehead atoms. The minimum atomic E-state index is -0.0980. The first-order chi connectivity index (χ1) is 9.60. The highest BCUT2D eigenvalue weighted by atomic mass is 16.5. The van der Waals surface area contributed by atoms with Crippen LogP contribution < -0.4 is 5.32 Å². The number of carbonyl (C=O) groups is 2. The second-order valence-corrected chi connectivity index (χ2v) is 5.12. The van der Waals surface area contributed by atoms with Crippen LogP contribution in [-0.2, 0) is 4.74 Å². The molecule has 5 nitrogen and oxygen atoms in total. The average molecular weight is 276 g/mol. The zero-order chi connectivity index (χ0) is 14.5. The van der Waals surface area contributed by atoms with E-state index in [0.29, 0.717) is 23.8 Å². The van der Waals surface area contributed by atoms with Gasteiger partial charge in [0.15, 0.2) is 5.78 Å². The standard InChI is InChI=1S/C15H20N2O3/c1-11(18)13-3-5-14(6-4-13)16-15(19)17-8-7-12(9-17)10-20-2/h3-6,12H,7-10H2,1-2H3,(H,16,19). The average Bonchev–Trinajstić information content (AvgIpc) is 2.88. The van der Waals surface area contributed by atoms with Crippen LogP contribution in [0.25, 0.3) is 0 Å². The topological polar surface area (TPSA) is 58.6 Å². The molecule has 0 spiro atoms. The van der Waals surface area contributed by atoms with Crippen molar-refractivity contribution in [3.05, 3.63) is 29.8 Å². The lowest BCUT2D eigenvalue weighted by Crippen LogP contribution is -2.33. The van der Waals surface area contributed by atoms with Crippen LogP contribution in [0.5, 0.6) is 0 Å². The summed E-state index contributed by atoms with van der Waals surface area (Å²) in [5, 5.41) is 2.85. The van der Waals surface area contributed by atoms with Gasteiger partial charge in [-0.05, 0) is 37.6 Å². The van der Waals surface area contributed by atoms with E-state index in [1.807, 2.05) is 0 Å². The second-order valence-electron chi connectivity index (χ2n) is 5.12. The van der Waals surface area contributed by atoms with Gasteiger partial charge >= 0.3 is 6.03 Å². The molecule has 1 aliphatic rings. The van der Waals surface area contributed by atoms with E-state index in [-0.39, 0.29) is 11.8 Å². The Bertz CT molecular complexity index is 484. The van der Waals surface area contributed by atoms with Crippen LogP contribution in [0.15, 0.2) is 24.3 Å². The number of hydrogen-bond acceptors (Lipinski definition) is 3. The summed E-state index contributed by atoms with van der Waals surface area (Å²) in [5.74, 6) is 0.440. The first kappa shape index (κ1) is 14.5. The van der Waals surface area contributed by atoms with Crippen molar-refractivity contribution in [1.29, 1.82) is 0 Å². The lowest BCUT2D eigenvalue weighted by atomic mass is 10.1. The fourth-order valence-corrected chi connectivity index (χ4v) is 2.38. The van der Waals surface area contributed by atoms with Gasteiger partial charge in [-0.2, -0.15) is 0 Å². The molecule has 2 rings (SSSR count). The van der Waals surface area contributed by atoms with Crippen molar-refractivity contribution in [3.8, 4) is 0 Å². The van der Waals surface area contributed by atoms with Crippen LogP contribution in [0, 0.1) is 5.92 Å². The van der Waals surface area contributed by atoms with Gasteiger partial charge in [-0.3, -0.25) is 4.79 Å². The van der Waals surface area contributed by atoms with Gasteiger partial charge < -0.3 is 15.0 Å². The van der Waals surface area contributed by atoms with Crippen LogP contribution >= 0.6 is 0 Å². The SMILES string of the molecule is COCC1CCN(C(=O)Nc2ccc(C(C)=O)cc2)C1. The van der Waals surface area contributed by atoms with Gasteiger partial charge in [-0.15, -0.1) is 0 Å². The van der Waals surface area contributed by atoms with Crippen LogP contribution in [0.4, 0.5) is 10.5 Å². The molecule has 1 atom stereocenters. The molecule has 1 saturated heterocycles. The predicted octanol–water partition coefficient (Wildman–Crippen LogP) is 2.39. The Balaban J connectivity index is 1.90. The third-order valence-electron chi connectivity index (χ3n) is 3.52. The fraction of sp³-hybridized carbons (Fsp3) is 0.467. The molecule has 1 heterocycles. The minimum Gasteiger partial charge on any atom is -0.384 e.